The Bertz CT molecular complexity index is 457. The van der Waals surface area contributed by atoms with E-state index in [9.17, 15) is 4.79 Å². The van der Waals surface area contributed by atoms with Gasteiger partial charge < -0.3 is 0 Å². The molecule has 19 heavy (non-hydrogen) atoms. The number of hydrogen-bond acceptors (Lipinski definition) is 3. The Balaban J connectivity index is 1.66. The summed E-state index contributed by atoms with van der Waals surface area (Å²) in [5.74, 6) is 1.15. The third kappa shape index (κ3) is 3.11. The summed E-state index contributed by atoms with van der Waals surface area (Å²) in [4.78, 5) is 15.7. The van der Waals surface area contributed by atoms with Crippen LogP contribution in [0, 0.1) is 5.92 Å². The number of fused-ring (bicyclic) bond motifs is 1. The van der Waals surface area contributed by atoms with Crippen molar-refractivity contribution in [2.24, 2.45) is 5.92 Å². The fourth-order valence-electron chi connectivity index (χ4n) is 3.65. The van der Waals surface area contributed by atoms with Crippen LogP contribution in [-0.4, -0.2) is 29.8 Å². The lowest BCUT2D eigenvalue weighted by molar-refractivity contribution is 0.0541. The number of ketones is 1. The van der Waals surface area contributed by atoms with Crippen molar-refractivity contribution in [1.82, 2.24) is 4.90 Å². The van der Waals surface area contributed by atoms with Gasteiger partial charge >= 0.3 is 0 Å². The molecule has 2 fully saturated rings. The van der Waals surface area contributed by atoms with E-state index >= 15 is 0 Å². The highest BCUT2D eigenvalue weighted by molar-refractivity contribution is 9.11. The number of carbonyl (C=O) groups is 1. The van der Waals surface area contributed by atoms with Gasteiger partial charge in [-0.25, -0.2) is 0 Å². The molecule has 2 nitrogen and oxygen atoms in total. The van der Waals surface area contributed by atoms with E-state index in [-0.39, 0.29) is 0 Å². The highest BCUT2D eigenvalue weighted by Gasteiger charge is 2.34. The quantitative estimate of drug-likeness (QED) is 0.761. The molecule has 1 saturated carbocycles. The minimum Gasteiger partial charge on any atom is -0.293 e. The molecule has 2 atom stereocenters. The molecule has 1 aromatic heterocycles. The topological polar surface area (TPSA) is 20.3 Å². The van der Waals surface area contributed by atoms with Crippen LogP contribution >= 0.6 is 27.3 Å². The van der Waals surface area contributed by atoms with E-state index in [1.165, 1.54) is 38.5 Å². The second-order valence-electron chi connectivity index (χ2n) is 5.75. The van der Waals surface area contributed by atoms with E-state index in [0.29, 0.717) is 18.4 Å². The third-order valence-electron chi connectivity index (χ3n) is 4.55. The number of nitrogens with zero attached hydrogens (tertiary/aromatic N) is 1. The first-order valence-electron chi connectivity index (χ1n) is 7.26. The molecule has 104 valence electrons. The zero-order valence-corrected chi connectivity index (χ0v) is 13.5. The summed E-state index contributed by atoms with van der Waals surface area (Å²) < 4.78 is 1.05. The molecule has 2 unspecified atom stereocenters. The zero-order chi connectivity index (χ0) is 13.2. The normalized spacial score (nSPS) is 28.1. The molecule has 4 heteroatoms. The van der Waals surface area contributed by atoms with Crippen molar-refractivity contribution in [3.8, 4) is 0 Å². The molecule has 0 aromatic carbocycles. The van der Waals surface area contributed by atoms with E-state index < -0.39 is 0 Å². The number of carbonyl (C=O) groups excluding carboxylic acids is 1. The van der Waals surface area contributed by atoms with E-state index in [4.69, 9.17) is 0 Å². The van der Waals surface area contributed by atoms with Gasteiger partial charge in [-0.1, -0.05) is 12.8 Å². The second kappa shape index (κ2) is 6.06. The monoisotopic (exact) mass is 341 g/mol. The first-order chi connectivity index (χ1) is 9.24. The maximum Gasteiger partial charge on any atom is 0.186 e. The summed E-state index contributed by atoms with van der Waals surface area (Å²) in [6.07, 6.45) is 8.05. The van der Waals surface area contributed by atoms with Crippen LogP contribution in [-0.2, 0) is 0 Å². The van der Waals surface area contributed by atoms with Gasteiger partial charge in [0.2, 0.25) is 0 Å². The van der Waals surface area contributed by atoms with Crippen LogP contribution in [0.4, 0.5) is 0 Å². The minimum atomic E-state index is 0.293. The summed E-state index contributed by atoms with van der Waals surface area (Å²) in [7, 11) is 0. The predicted octanol–water partition coefficient (Wildman–Crippen LogP) is 4.35. The fourth-order valence-corrected chi connectivity index (χ4v) is 4.97. The van der Waals surface area contributed by atoms with Gasteiger partial charge in [0, 0.05) is 6.04 Å². The highest BCUT2D eigenvalue weighted by atomic mass is 79.9. The number of likely N-dealkylation sites (tertiary alicyclic amines) is 1. The Labute approximate surface area is 127 Å². The standard InChI is InChI=1S/C15H20BrNOS/c16-15-8-7-14(19-15)13(18)10-17-9-3-5-11-4-1-2-6-12(11)17/h7-8,11-12H,1-6,9-10H2. The Kier molecular flexibility index (Phi) is 4.40. The highest BCUT2D eigenvalue weighted by Crippen LogP contribution is 2.35. The van der Waals surface area contributed by atoms with Crippen LogP contribution in [0.1, 0.15) is 48.2 Å². The van der Waals surface area contributed by atoms with Crippen LogP contribution in [0.2, 0.25) is 0 Å². The van der Waals surface area contributed by atoms with Crippen LogP contribution in [0.25, 0.3) is 0 Å². The predicted molar refractivity (Wildman–Crippen MR) is 82.9 cm³/mol. The molecule has 1 aliphatic carbocycles. The molecular weight excluding hydrogens is 322 g/mol. The van der Waals surface area contributed by atoms with E-state index in [1.807, 2.05) is 12.1 Å². The lowest BCUT2D eigenvalue weighted by atomic mass is 9.78. The Morgan fingerprint density at radius 1 is 1.26 bits per heavy atom. The van der Waals surface area contributed by atoms with E-state index in [2.05, 4.69) is 20.8 Å². The largest absolute Gasteiger partial charge is 0.293 e. The first-order valence-corrected chi connectivity index (χ1v) is 8.87. The third-order valence-corrected chi connectivity index (χ3v) is 6.22. The number of piperidine rings is 1. The van der Waals surface area contributed by atoms with Gasteiger partial charge in [0.15, 0.2) is 5.78 Å². The molecular formula is C15H20BrNOS. The molecule has 0 amide bonds. The Hall–Kier alpha value is -0.190. The van der Waals surface area contributed by atoms with Crippen molar-refractivity contribution < 1.29 is 4.79 Å². The Morgan fingerprint density at radius 2 is 2.05 bits per heavy atom. The molecule has 0 spiro atoms. The number of halogens is 1. The summed E-state index contributed by atoms with van der Waals surface area (Å²) in [5.41, 5.74) is 0. The lowest BCUT2D eigenvalue weighted by Crippen LogP contribution is -2.48. The molecule has 0 bridgehead atoms. The first kappa shape index (κ1) is 13.8. The second-order valence-corrected chi connectivity index (χ2v) is 8.21. The minimum absolute atomic E-state index is 0.293. The summed E-state index contributed by atoms with van der Waals surface area (Å²) in [6.45, 7) is 1.73. The average molecular weight is 342 g/mol. The van der Waals surface area contributed by atoms with Crippen molar-refractivity contribution in [3.05, 3.63) is 20.8 Å². The van der Waals surface area contributed by atoms with Crippen molar-refractivity contribution in [2.45, 2.75) is 44.6 Å². The van der Waals surface area contributed by atoms with E-state index in [0.717, 1.165) is 21.1 Å². The van der Waals surface area contributed by atoms with Crippen LogP contribution in [0.5, 0.6) is 0 Å². The lowest BCUT2D eigenvalue weighted by Gasteiger charge is -2.43. The maximum absolute atomic E-state index is 12.3. The molecule has 1 saturated heterocycles. The Morgan fingerprint density at radius 3 is 2.84 bits per heavy atom. The maximum atomic E-state index is 12.3. The van der Waals surface area contributed by atoms with Crippen LogP contribution in [0.3, 0.4) is 0 Å². The van der Waals surface area contributed by atoms with Crippen LogP contribution in [0.15, 0.2) is 15.9 Å². The van der Waals surface area contributed by atoms with Crippen molar-refractivity contribution >= 4 is 33.0 Å². The smallest absolute Gasteiger partial charge is 0.186 e. The number of thiophene rings is 1. The van der Waals surface area contributed by atoms with Gasteiger partial charge in [-0.3, -0.25) is 9.69 Å². The van der Waals surface area contributed by atoms with Gasteiger partial charge in [0.05, 0.1) is 15.2 Å². The van der Waals surface area contributed by atoms with Crippen molar-refractivity contribution in [1.29, 1.82) is 0 Å². The van der Waals surface area contributed by atoms with Crippen molar-refractivity contribution in [2.75, 3.05) is 13.1 Å². The van der Waals surface area contributed by atoms with E-state index in [1.54, 1.807) is 11.3 Å². The van der Waals surface area contributed by atoms with Gasteiger partial charge in [-0.2, -0.15) is 0 Å². The summed E-state index contributed by atoms with van der Waals surface area (Å²) in [5, 5.41) is 0. The fraction of sp³-hybridized carbons (Fsp3) is 0.667. The zero-order valence-electron chi connectivity index (χ0n) is 11.1. The molecule has 2 heterocycles. The van der Waals surface area contributed by atoms with Gasteiger partial charge in [-0.15, -0.1) is 11.3 Å². The molecule has 3 rings (SSSR count). The molecule has 0 radical (unpaired) electrons. The summed E-state index contributed by atoms with van der Waals surface area (Å²) in [6, 6.07) is 4.59. The molecule has 1 aliphatic heterocycles. The number of hydrogen-bond donors (Lipinski definition) is 0. The SMILES string of the molecule is O=C(CN1CCCC2CCCCC21)c1ccc(Br)s1. The van der Waals surface area contributed by atoms with Gasteiger partial charge in [0.25, 0.3) is 0 Å². The summed E-state index contributed by atoms with van der Waals surface area (Å²) >= 11 is 4.99. The van der Waals surface area contributed by atoms with Crippen molar-refractivity contribution in [3.63, 3.8) is 0 Å². The average Bonchev–Trinajstić information content (AvgIpc) is 2.86. The number of rotatable bonds is 3. The molecule has 1 aromatic rings. The van der Waals surface area contributed by atoms with Gasteiger partial charge in [0.1, 0.15) is 0 Å². The van der Waals surface area contributed by atoms with Gasteiger partial charge in [-0.05, 0) is 66.2 Å². The molecule has 0 N–H and O–H groups in total. The molecule has 2 aliphatic rings. The van der Waals surface area contributed by atoms with Crippen LogP contribution < -0.4 is 0 Å². The number of Topliss-reactive ketones (excluding diaryl/α,β-unsaturated/α-hetero) is 1.